The second-order valence-corrected chi connectivity index (χ2v) is 8.48. The fourth-order valence-electron chi connectivity index (χ4n) is 3.04. The number of carbonyl (C=O) groups excluding carboxylic acids is 1. The van der Waals surface area contributed by atoms with Gasteiger partial charge in [0.25, 0.3) is 0 Å². The molecule has 8 nitrogen and oxygen atoms in total. The molecule has 2 heterocycles. The number of sulfone groups is 1. The van der Waals surface area contributed by atoms with Gasteiger partial charge in [0.05, 0.1) is 18.1 Å². The first-order chi connectivity index (χ1) is 11.0. The van der Waals surface area contributed by atoms with Gasteiger partial charge >= 0.3 is 6.03 Å². The molecule has 1 aliphatic heterocycles. The van der Waals surface area contributed by atoms with Crippen LogP contribution in [0.3, 0.4) is 0 Å². The molecule has 9 heteroatoms. The molecule has 2 aliphatic rings. The van der Waals surface area contributed by atoms with Crippen LogP contribution in [0.5, 0.6) is 0 Å². The van der Waals surface area contributed by atoms with Crippen molar-refractivity contribution >= 4 is 15.9 Å². The maximum absolute atomic E-state index is 12.0. The van der Waals surface area contributed by atoms with Crippen molar-refractivity contribution in [1.29, 1.82) is 0 Å². The first-order valence-electron chi connectivity index (χ1n) is 8.09. The topological polar surface area (TPSA) is 105 Å². The normalized spacial score (nSPS) is 22.0. The van der Waals surface area contributed by atoms with Gasteiger partial charge in [0.1, 0.15) is 0 Å². The lowest BCUT2D eigenvalue weighted by atomic mass is 9.89. The summed E-state index contributed by atoms with van der Waals surface area (Å²) in [6.45, 7) is 0.623. The van der Waals surface area contributed by atoms with Gasteiger partial charge in [-0.15, -0.1) is 0 Å². The number of hydrogen-bond acceptors (Lipinski definition) is 6. The summed E-state index contributed by atoms with van der Waals surface area (Å²) in [4.78, 5) is 17.9. The van der Waals surface area contributed by atoms with E-state index in [0.29, 0.717) is 11.8 Å². The Hall–Kier alpha value is -1.64. The Morgan fingerprint density at radius 3 is 2.61 bits per heavy atom. The Bertz CT molecular complexity index is 637. The summed E-state index contributed by atoms with van der Waals surface area (Å²) in [6.07, 6.45) is 5.84. The van der Waals surface area contributed by atoms with Crippen LogP contribution in [0.15, 0.2) is 4.52 Å². The molecule has 1 aromatic rings. The van der Waals surface area contributed by atoms with Crippen molar-refractivity contribution in [3.8, 4) is 0 Å². The number of hydrogen-bond donors (Lipinski definition) is 1. The molecule has 1 aliphatic carbocycles. The maximum Gasteiger partial charge on any atom is 0.317 e. The molecular weight excluding hydrogens is 320 g/mol. The fraction of sp³-hybridized carbons (Fsp3) is 0.786. The van der Waals surface area contributed by atoms with Gasteiger partial charge in [-0.05, 0) is 12.8 Å². The Morgan fingerprint density at radius 2 is 1.91 bits per heavy atom. The summed E-state index contributed by atoms with van der Waals surface area (Å²) in [5, 5.41) is 6.73. The van der Waals surface area contributed by atoms with Gasteiger partial charge in [-0.25, -0.2) is 13.2 Å². The molecule has 0 radical (unpaired) electrons. The van der Waals surface area contributed by atoms with Crippen LogP contribution in [0.2, 0.25) is 0 Å². The van der Waals surface area contributed by atoms with E-state index in [-0.39, 0.29) is 37.2 Å². The molecule has 1 saturated heterocycles. The quantitative estimate of drug-likeness (QED) is 0.880. The van der Waals surface area contributed by atoms with Gasteiger partial charge in [0.2, 0.25) is 5.89 Å². The highest BCUT2D eigenvalue weighted by molar-refractivity contribution is 7.91. The Labute approximate surface area is 135 Å². The maximum atomic E-state index is 12.0. The van der Waals surface area contributed by atoms with Crippen molar-refractivity contribution in [3.05, 3.63) is 11.7 Å². The molecule has 1 N–H and O–H groups in total. The van der Waals surface area contributed by atoms with E-state index in [0.717, 1.165) is 18.7 Å². The molecule has 0 unspecified atom stereocenters. The molecule has 1 aromatic heterocycles. The third kappa shape index (κ3) is 4.21. The molecule has 0 atom stereocenters. The van der Waals surface area contributed by atoms with E-state index in [9.17, 15) is 13.2 Å². The number of carbonyl (C=O) groups is 1. The smallest absolute Gasteiger partial charge is 0.317 e. The summed E-state index contributed by atoms with van der Waals surface area (Å²) in [5.41, 5.74) is 0. The molecule has 1 saturated carbocycles. The lowest BCUT2D eigenvalue weighted by molar-refractivity contribution is 0.200. The summed E-state index contributed by atoms with van der Waals surface area (Å²) >= 11 is 0. The van der Waals surface area contributed by atoms with Crippen LogP contribution in [0.25, 0.3) is 0 Å². The van der Waals surface area contributed by atoms with Gasteiger partial charge in [-0.1, -0.05) is 24.4 Å². The molecule has 3 rings (SSSR count). The zero-order valence-electron chi connectivity index (χ0n) is 13.0. The van der Waals surface area contributed by atoms with Gasteiger partial charge in [-0.3, -0.25) is 0 Å². The summed E-state index contributed by atoms with van der Waals surface area (Å²) in [7, 11) is -2.99. The Morgan fingerprint density at radius 1 is 1.22 bits per heavy atom. The average Bonchev–Trinajstić information content (AvgIpc) is 3.02. The third-order valence-corrected chi connectivity index (χ3v) is 6.09. The molecule has 2 fully saturated rings. The number of aromatic nitrogens is 2. The molecule has 0 bridgehead atoms. The largest absolute Gasteiger partial charge is 0.337 e. The van der Waals surface area contributed by atoms with Crippen molar-refractivity contribution < 1.29 is 17.7 Å². The van der Waals surface area contributed by atoms with Gasteiger partial charge in [-0.2, -0.15) is 4.98 Å². The fourth-order valence-corrected chi connectivity index (χ4v) is 4.25. The van der Waals surface area contributed by atoms with Gasteiger partial charge in [0, 0.05) is 19.0 Å². The predicted molar refractivity (Wildman–Crippen MR) is 82.6 cm³/mol. The number of urea groups is 1. The van der Waals surface area contributed by atoms with Crippen molar-refractivity contribution in [2.24, 2.45) is 0 Å². The van der Waals surface area contributed by atoms with E-state index in [4.69, 9.17) is 4.52 Å². The standard InChI is InChI=1S/C14H22N4O4S/c19-14(18-6-8-23(20,21)9-7-18)15-10-12-16-13(17-22-12)11-4-2-1-3-5-11/h11H,1-10H2,(H,15,19). The van der Waals surface area contributed by atoms with Crippen LogP contribution < -0.4 is 5.32 Å². The Kier molecular flexibility index (Phi) is 4.84. The van der Waals surface area contributed by atoms with E-state index in [1.165, 1.54) is 24.2 Å². The minimum absolute atomic E-state index is 0.0206. The summed E-state index contributed by atoms with van der Waals surface area (Å²) in [6, 6.07) is -0.294. The third-order valence-electron chi connectivity index (χ3n) is 4.48. The van der Waals surface area contributed by atoms with Gasteiger partial charge in [0.15, 0.2) is 15.7 Å². The summed E-state index contributed by atoms with van der Waals surface area (Å²) in [5.74, 6) is 1.53. The van der Waals surface area contributed by atoms with Crippen molar-refractivity contribution in [3.63, 3.8) is 0 Å². The first kappa shape index (κ1) is 16.2. The van der Waals surface area contributed by atoms with Crippen molar-refractivity contribution in [2.45, 2.75) is 44.6 Å². The van der Waals surface area contributed by atoms with E-state index in [1.54, 1.807) is 0 Å². The van der Waals surface area contributed by atoms with Crippen LogP contribution in [0.1, 0.15) is 49.7 Å². The van der Waals surface area contributed by atoms with Crippen molar-refractivity contribution in [1.82, 2.24) is 20.4 Å². The van der Waals surface area contributed by atoms with E-state index in [1.807, 2.05) is 0 Å². The number of nitrogens with one attached hydrogen (secondary N) is 1. The zero-order valence-corrected chi connectivity index (χ0v) is 13.8. The van der Waals surface area contributed by atoms with Crippen LogP contribution in [-0.4, -0.2) is 54.1 Å². The minimum atomic E-state index is -2.99. The zero-order chi connectivity index (χ0) is 16.3. The lowest BCUT2D eigenvalue weighted by Gasteiger charge is -2.26. The van der Waals surface area contributed by atoms with Crippen LogP contribution in [-0.2, 0) is 16.4 Å². The SMILES string of the molecule is O=C(NCc1nc(C2CCCCC2)no1)N1CCS(=O)(=O)CC1. The first-order valence-corrected chi connectivity index (χ1v) is 9.91. The molecular formula is C14H22N4O4S. The minimum Gasteiger partial charge on any atom is -0.337 e. The summed E-state index contributed by atoms with van der Waals surface area (Å²) < 4.78 is 27.9. The van der Waals surface area contributed by atoms with Crippen molar-refractivity contribution in [2.75, 3.05) is 24.6 Å². The number of amides is 2. The number of rotatable bonds is 3. The average molecular weight is 342 g/mol. The molecule has 128 valence electrons. The second kappa shape index (κ2) is 6.86. The highest BCUT2D eigenvalue weighted by Gasteiger charge is 2.25. The lowest BCUT2D eigenvalue weighted by Crippen LogP contribution is -2.48. The van der Waals surface area contributed by atoms with E-state index in [2.05, 4.69) is 15.5 Å². The predicted octanol–water partition coefficient (Wildman–Crippen LogP) is 1.06. The molecule has 23 heavy (non-hydrogen) atoms. The number of nitrogens with zero attached hydrogens (tertiary/aromatic N) is 3. The van der Waals surface area contributed by atoms with Crippen LogP contribution in [0, 0.1) is 0 Å². The van der Waals surface area contributed by atoms with E-state index < -0.39 is 9.84 Å². The second-order valence-electron chi connectivity index (χ2n) is 6.18. The molecule has 2 amide bonds. The highest BCUT2D eigenvalue weighted by Crippen LogP contribution is 2.30. The highest BCUT2D eigenvalue weighted by atomic mass is 32.2. The Balaban J connectivity index is 1.48. The molecule has 0 aromatic carbocycles. The van der Waals surface area contributed by atoms with Crippen LogP contribution in [0.4, 0.5) is 4.79 Å². The molecule has 0 spiro atoms. The monoisotopic (exact) mass is 342 g/mol. The van der Waals surface area contributed by atoms with Crippen LogP contribution >= 0.6 is 0 Å². The van der Waals surface area contributed by atoms with E-state index >= 15 is 0 Å². The van der Waals surface area contributed by atoms with Gasteiger partial charge < -0.3 is 14.7 Å².